The second kappa shape index (κ2) is 6.96. The van der Waals surface area contributed by atoms with Gasteiger partial charge in [0.25, 0.3) is 0 Å². The van der Waals surface area contributed by atoms with Crippen LogP contribution in [0.3, 0.4) is 0 Å². The van der Waals surface area contributed by atoms with Gasteiger partial charge in [0.2, 0.25) is 0 Å². The van der Waals surface area contributed by atoms with Crippen LogP contribution in [0.2, 0.25) is 0 Å². The summed E-state index contributed by atoms with van der Waals surface area (Å²) >= 11 is 1.55. The summed E-state index contributed by atoms with van der Waals surface area (Å²) in [7, 11) is 0. The van der Waals surface area contributed by atoms with Crippen molar-refractivity contribution in [3.63, 3.8) is 0 Å². The van der Waals surface area contributed by atoms with Crippen LogP contribution in [0.4, 0.5) is 0 Å². The summed E-state index contributed by atoms with van der Waals surface area (Å²) in [4.78, 5) is 12.5. The van der Waals surface area contributed by atoms with Gasteiger partial charge >= 0.3 is 5.97 Å². The highest BCUT2D eigenvalue weighted by Gasteiger charge is 2.19. The number of benzene rings is 1. The lowest BCUT2D eigenvalue weighted by Crippen LogP contribution is -2.15. The molecule has 19 heavy (non-hydrogen) atoms. The number of hydrogen-bond acceptors (Lipinski definition) is 4. The van der Waals surface area contributed by atoms with Gasteiger partial charge in [0.15, 0.2) is 0 Å². The summed E-state index contributed by atoms with van der Waals surface area (Å²) in [6, 6.07) is 7.17. The number of carbonyl (C=O) groups excluding carboxylic acids is 1. The van der Waals surface area contributed by atoms with Crippen LogP contribution in [0, 0.1) is 6.92 Å². The molecule has 0 amide bonds. The molecule has 1 aromatic rings. The number of thioether (sulfide) groups is 1. The van der Waals surface area contributed by atoms with E-state index in [1.54, 1.807) is 11.8 Å². The van der Waals surface area contributed by atoms with Gasteiger partial charge in [-0.25, -0.2) is 0 Å². The molecule has 0 heterocycles. The smallest absolute Gasteiger partial charge is 0.316 e. The summed E-state index contributed by atoms with van der Waals surface area (Å²) in [6.45, 7) is 5.31. The Bertz CT molecular complexity index is 444. The molecule has 1 aliphatic rings. The maximum Gasteiger partial charge on any atom is 0.316 e. The summed E-state index contributed by atoms with van der Waals surface area (Å²) in [5.74, 6) is 0.236. The van der Waals surface area contributed by atoms with E-state index in [0.29, 0.717) is 12.4 Å². The van der Waals surface area contributed by atoms with Crippen molar-refractivity contribution in [1.82, 2.24) is 5.32 Å². The third kappa shape index (κ3) is 4.88. The second-order valence-corrected chi connectivity index (χ2v) is 5.87. The Hall–Kier alpha value is -1.00. The number of ether oxygens (including phenoxy) is 1. The third-order valence-electron chi connectivity index (χ3n) is 3.06. The van der Waals surface area contributed by atoms with E-state index < -0.39 is 0 Å². The van der Waals surface area contributed by atoms with Gasteiger partial charge in [-0.3, -0.25) is 4.79 Å². The molecule has 0 aliphatic heterocycles. The first kappa shape index (κ1) is 14.4. The summed E-state index contributed by atoms with van der Waals surface area (Å²) in [6.07, 6.45) is 2.62. The predicted octanol–water partition coefficient (Wildman–Crippen LogP) is 2.90. The standard InChI is InChI=1S/C15H21NO2S/c1-3-18-15(17)10-19-14-7-4-12(8-11(14)2)9-16-13-5-6-13/h4,7-8,13,16H,3,5-6,9-10H2,1-2H3. The van der Waals surface area contributed by atoms with Crippen molar-refractivity contribution in [3.8, 4) is 0 Å². The van der Waals surface area contributed by atoms with Gasteiger partial charge < -0.3 is 10.1 Å². The lowest BCUT2D eigenvalue weighted by Gasteiger charge is -2.09. The van der Waals surface area contributed by atoms with E-state index in [2.05, 4.69) is 30.4 Å². The maximum absolute atomic E-state index is 11.3. The van der Waals surface area contributed by atoms with Crippen LogP contribution in [0.25, 0.3) is 0 Å². The fourth-order valence-electron chi connectivity index (χ4n) is 1.87. The third-order valence-corrected chi connectivity index (χ3v) is 4.21. The minimum absolute atomic E-state index is 0.147. The quantitative estimate of drug-likeness (QED) is 0.615. The van der Waals surface area contributed by atoms with Crippen LogP contribution in [0.1, 0.15) is 30.9 Å². The molecule has 0 aromatic heterocycles. The van der Waals surface area contributed by atoms with E-state index in [1.807, 2.05) is 6.92 Å². The molecule has 1 aliphatic carbocycles. The molecule has 1 aromatic carbocycles. The molecule has 2 rings (SSSR count). The molecule has 4 heteroatoms. The van der Waals surface area contributed by atoms with Crippen LogP contribution in [-0.4, -0.2) is 24.4 Å². The average molecular weight is 279 g/mol. The Morgan fingerprint density at radius 1 is 1.47 bits per heavy atom. The minimum Gasteiger partial charge on any atom is -0.465 e. The second-order valence-electron chi connectivity index (χ2n) is 4.85. The van der Waals surface area contributed by atoms with E-state index in [0.717, 1.165) is 17.5 Å². The summed E-state index contributed by atoms with van der Waals surface area (Å²) < 4.78 is 4.93. The highest BCUT2D eigenvalue weighted by molar-refractivity contribution is 8.00. The molecule has 0 spiro atoms. The van der Waals surface area contributed by atoms with Gasteiger partial charge in [-0.1, -0.05) is 12.1 Å². The lowest BCUT2D eigenvalue weighted by molar-refractivity contribution is -0.139. The Kier molecular flexibility index (Phi) is 5.28. The zero-order valence-electron chi connectivity index (χ0n) is 11.6. The van der Waals surface area contributed by atoms with Gasteiger partial charge in [-0.05, 0) is 43.9 Å². The monoisotopic (exact) mass is 279 g/mol. The normalized spacial score (nSPS) is 14.4. The van der Waals surface area contributed by atoms with Gasteiger partial charge in [-0.2, -0.15) is 0 Å². The van der Waals surface area contributed by atoms with Crippen LogP contribution < -0.4 is 5.32 Å². The number of carbonyl (C=O) groups is 1. The van der Waals surface area contributed by atoms with Crippen molar-refractivity contribution in [2.45, 2.75) is 44.2 Å². The van der Waals surface area contributed by atoms with Crippen LogP contribution >= 0.6 is 11.8 Å². The first-order valence-corrected chi connectivity index (χ1v) is 7.79. The predicted molar refractivity (Wildman–Crippen MR) is 78.4 cm³/mol. The molecular formula is C15H21NO2S. The Labute approximate surface area is 119 Å². The SMILES string of the molecule is CCOC(=O)CSc1ccc(CNC2CC2)cc1C. The number of esters is 1. The number of nitrogens with one attached hydrogen (secondary N) is 1. The van der Waals surface area contributed by atoms with Crippen LogP contribution in [0.15, 0.2) is 23.1 Å². The molecule has 0 atom stereocenters. The van der Waals surface area contributed by atoms with Crippen molar-refractivity contribution in [2.75, 3.05) is 12.4 Å². The van der Waals surface area contributed by atoms with Gasteiger partial charge in [0, 0.05) is 17.5 Å². The average Bonchev–Trinajstić information content (AvgIpc) is 3.19. The van der Waals surface area contributed by atoms with Crippen LogP contribution in [-0.2, 0) is 16.1 Å². The molecule has 1 fully saturated rings. The molecular weight excluding hydrogens is 258 g/mol. The Balaban J connectivity index is 1.84. The first-order chi connectivity index (χ1) is 9.19. The highest BCUT2D eigenvalue weighted by atomic mass is 32.2. The molecule has 0 bridgehead atoms. The minimum atomic E-state index is -0.147. The van der Waals surface area contributed by atoms with E-state index >= 15 is 0 Å². The first-order valence-electron chi connectivity index (χ1n) is 6.80. The molecule has 3 nitrogen and oxygen atoms in total. The zero-order valence-corrected chi connectivity index (χ0v) is 12.4. The molecule has 0 radical (unpaired) electrons. The Morgan fingerprint density at radius 3 is 2.89 bits per heavy atom. The van der Waals surface area contributed by atoms with Crippen molar-refractivity contribution in [2.24, 2.45) is 0 Å². The van der Waals surface area contributed by atoms with Crippen molar-refractivity contribution < 1.29 is 9.53 Å². The van der Waals surface area contributed by atoms with Gasteiger partial charge in [0.05, 0.1) is 12.4 Å². The number of hydrogen-bond donors (Lipinski definition) is 1. The molecule has 0 saturated heterocycles. The molecule has 0 unspecified atom stereocenters. The largest absolute Gasteiger partial charge is 0.465 e. The number of rotatable bonds is 7. The van der Waals surface area contributed by atoms with E-state index in [9.17, 15) is 4.79 Å². The maximum atomic E-state index is 11.3. The fourth-order valence-corrected chi connectivity index (χ4v) is 2.68. The van der Waals surface area contributed by atoms with Crippen LogP contribution in [0.5, 0.6) is 0 Å². The lowest BCUT2D eigenvalue weighted by atomic mass is 10.1. The van der Waals surface area contributed by atoms with Gasteiger partial charge in [0.1, 0.15) is 0 Å². The summed E-state index contributed by atoms with van der Waals surface area (Å²) in [5.41, 5.74) is 2.54. The van der Waals surface area contributed by atoms with E-state index in [4.69, 9.17) is 4.74 Å². The van der Waals surface area contributed by atoms with Crippen molar-refractivity contribution >= 4 is 17.7 Å². The number of aryl methyl sites for hydroxylation is 1. The van der Waals surface area contributed by atoms with E-state index in [1.165, 1.54) is 24.0 Å². The highest BCUT2D eigenvalue weighted by Crippen LogP contribution is 2.24. The van der Waals surface area contributed by atoms with Crippen molar-refractivity contribution in [3.05, 3.63) is 29.3 Å². The topological polar surface area (TPSA) is 38.3 Å². The molecule has 1 saturated carbocycles. The molecule has 104 valence electrons. The van der Waals surface area contributed by atoms with Crippen molar-refractivity contribution in [1.29, 1.82) is 0 Å². The van der Waals surface area contributed by atoms with E-state index in [-0.39, 0.29) is 5.97 Å². The van der Waals surface area contributed by atoms with Gasteiger partial charge in [-0.15, -0.1) is 11.8 Å². The molecule has 1 N–H and O–H groups in total. The fraction of sp³-hybridized carbons (Fsp3) is 0.533. The summed E-state index contributed by atoms with van der Waals surface area (Å²) in [5, 5.41) is 3.51. The Morgan fingerprint density at radius 2 is 2.26 bits per heavy atom. The zero-order chi connectivity index (χ0) is 13.7.